The van der Waals surface area contributed by atoms with Gasteiger partial charge in [0.05, 0.1) is 7.11 Å². The molecule has 4 rings (SSSR count). The zero-order valence-corrected chi connectivity index (χ0v) is 16.7. The standard InChI is InChI=1S/C23H25N5O/c1-16-13-22(24-12-11-17-14-25-20-9-5-4-8-19(17)20)28-23(27-16)26-15-18-7-3-6-10-21(18)29-2/h3-10,13-14,25H,11-12,15H2,1-2H3,(H2,24,26,27,28). The summed E-state index contributed by atoms with van der Waals surface area (Å²) < 4.78 is 5.40. The van der Waals surface area contributed by atoms with Gasteiger partial charge in [0.1, 0.15) is 11.6 Å². The maximum Gasteiger partial charge on any atom is 0.225 e. The molecule has 2 heterocycles. The lowest BCUT2D eigenvalue weighted by Gasteiger charge is -2.11. The van der Waals surface area contributed by atoms with Gasteiger partial charge in [-0.2, -0.15) is 4.98 Å². The van der Waals surface area contributed by atoms with Gasteiger partial charge in [0.25, 0.3) is 0 Å². The first-order valence-electron chi connectivity index (χ1n) is 9.73. The molecule has 0 saturated heterocycles. The Morgan fingerprint density at radius 3 is 2.69 bits per heavy atom. The number of nitrogens with one attached hydrogen (secondary N) is 3. The van der Waals surface area contributed by atoms with Crippen LogP contribution in [0.5, 0.6) is 5.75 Å². The van der Waals surface area contributed by atoms with Gasteiger partial charge in [0.15, 0.2) is 0 Å². The van der Waals surface area contributed by atoms with E-state index in [1.165, 1.54) is 16.5 Å². The Morgan fingerprint density at radius 1 is 0.966 bits per heavy atom. The van der Waals surface area contributed by atoms with E-state index in [9.17, 15) is 0 Å². The molecule has 0 aliphatic carbocycles. The Balaban J connectivity index is 1.39. The molecule has 2 aromatic heterocycles. The summed E-state index contributed by atoms with van der Waals surface area (Å²) >= 11 is 0. The van der Waals surface area contributed by atoms with Gasteiger partial charge >= 0.3 is 0 Å². The lowest BCUT2D eigenvalue weighted by atomic mass is 10.1. The number of benzene rings is 2. The van der Waals surface area contributed by atoms with Crippen molar-refractivity contribution in [3.63, 3.8) is 0 Å². The van der Waals surface area contributed by atoms with Crippen LogP contribution in [-0.2, 0) is 13.0 Å². The molecule has 0 aliphatic heterocycles. The van der Waals surface area contributed by atoms with Crippen LogP contribution in [0.25, 0.3) is 10.9 Å². The Hall–Kier alpha value is -3.54. The maximum atomic E-state index is 5.40. The molecule has 0 unspecified atom stereocenters. The van der Waals surface area contributed by atoms with Crippen molar-refractivity contribution in [2.24, 2.45) is 0 Å². The second-order valence-electron chi connectivity index (χ2n) is 6.92. The van der Waals surface area contributed by atoms with Crippen LogP contribution in [0.3, 0.4) is 0 Å². The van der Waals surface area contributed by atoms with Gasteiger partial charge in [-0.3, -0.25) is 0 Å². The summed E-state index contributed by atoms with van der Waals surface area (Å²) in [5.74, 6) is 2.27. The summed E-state index contributed by atoms with van der Waals surface area (Å²) in [5, 5.41) is 7.99. The summed E-state index contributed by atoms with van der Waals surface area (Å²) in [6.07, 6.45) is 2.99. The Bertz CT molecular complexity index is 1110. The molecule has 0 aliphatic rings. The van der Waals surface area contributed by atoms with Crippen molar-refractivity contribution in [3.05, 3.63) is 77.6 Å². The average molecular weight is 387 g/mol. The number of aryl methyl sites for hydroxylation is 1. The van der Waals surface area contributed by atoms with Crippen molar-refractivity contribution in [1.29, 1.82) is 0 Å². The number of aromatic amines is 1. The van der Waals surface area contributed by atoms with Gasteiger partial charge in [-0.25, -0.2) is 4.98 Å². The van der Waals surface area contributed by atoms with Crippen LogP contribution in [0, 0.1) is 6.92 Å². The quantitative estimate of drug-likeness (QED) is 0.414. The number of fused-ring (bicyclic) bond motifs is 1. The van der Waals surface area contributed by atoms with Crippen LogP contribution >= 0.6 is 0 Å². The first kappa shape index (κ1) is 18.8. The Kier molecular flexibility index (Phi) is 5.61. The fraction of sp³-hybridized carbons (Fsp3) is 0.217. The van der Waals surface area contributed by atoms with Gasteiger partial charge < -0.3 is 20.4 Å². The van der Waals surface area contributed by atoms with E-state index in [0.717, 1.165) is 35.8 Å². The maximum absolute atomic E-state index is 5.40. The highest BCUT2D eigenvalue weighted by molar-refractivity contribution is 5.83. The molecule has 0 radical (unpaired) electrons. The van der Waals surface area contributed by atoms with Crippen LogP contribution in [0.2, 0.25) is 0 Å². The average Bonchev–Trinajstić information content (AvgIpc) is 3.15. The van der Waals surface area contributed by atoms with E-state index in [4.69, 9.17) is 4.74 Å². The van der Waals surface area contributed by atoms with Crippen molar-refractivity contribution >= 4 is 22.7 Å². The fourth-order valence-electron chi connectivity index (χ4n) is 3.43. The molecule has 0 amide bonds. The molecule has 148 valence electrons. The number of nitrogens with zero attached hydrogens (tertiary/aromatic N) is 2. The monoisotopic (exact) mass is 387 g/mol. The number of para-hydroxylation sites is 2. The van der Waals surface area contributed by atoms with E-state index in [2.05, 4.69) is 50.0 Å². The predicted octanol–water partition coefficient (Wildman–Crippen LogP) is 4.54. The van der Waals surface area contributed by atoms with Gasteiger partial charge in [-0.15, -0.1) is 0 Å². The summed E-state index contributed by atoms with van der Waals surface area (Å²) in [4.78, 5) is 12.4. The molecule has 3 N–H and O–H groups in total. The molecule has 6 nitrogen and oxygen atoms in total. The van der Waals surface area contributed by atoms with E-state index >= 15 is 0 Å². The van der Waals surface area contributed by atoms with Crippen molar-refractivity contribution in [2.45, 2.75) is 19.9 Å². The van der Waals surface area contributed by atoms with Crippen molar-refractivity contribution < 1.29 is 4.74 Å². The van der Waals surface area contributed by atoms with Gasteiger partial charge in [0.2, 0.25) is 5.95 Å². The Morgan fingerprint density at radius 2 is 1.79 bits per heavy atom. The molecule has 0 bridgehead atoms. The van der Waals surface area contributed by atoms with Gasteiger partial charge in [0, 0.05) is 47.5 Å². The van der Waals surface area contributed by atoms with Crippen molar-refractivity contribution in [3.8, 4) is 5.75 Å². The third-order valence-corrected chi connectivity index (χ3v) is 4.86. The third-order valence-electron chi connectivity index (χ3n) is 4.86. The smallest absolute Gasteiger partial charge is 0.225 e. The molecule has 2 aromatic carbocycles. The number of ether oxygens (including phenoxy) is 1. The van der Waals surface area contributed by atoms with E-state index < -0.39 is 0 Å². The molecule has 6 heteroatoms. The Labute approximate surface area is 170 Å². The first-order chi connectivity index (χ1) is 14.2. The summed E-state index contributed by atoms with van der Waals surface area (Å²) in [6, 6.07) is 18.3. The number of methoxy groups -OCH3 is 1. The third kappa shape index (κ3) is 4.48. The van der Waals surface area contributed by atoms with Crippen LogP contribution < -0.4 is 15.4 Å². The van der Waals surface area contributed by atoms with Crippen LogP contribution in [-0.4, -0.2) is 28.6 Å². The molecule has 29 heavy (non-hydrogen) atoms. The van der Waals surface area contributed by atoms with E-state index in [0.29, 0.717) is 12.5 Å². The van der Waals surface area contributed by atoms with Crippen molar-refractivity contribution in [2.75, 3.05) is 24.3 Å². The number of hydrogen-bond acceptors (Lipinski definition) is 5. The first-order valence-corrected chi connectivity index (χ1v) is 9.73. The van der Waals surface area contributed by atoms with Gasteiger partial charge in [-0.1, -0.05) is 36.4 Å². The van der Waals surface area contributed by atoms with E-state index in [1.807, 2.05) is 43.3 Å². The summed E-state index contributed by atoms with van der Waals surface area (Å²) in [7, 11) is 1.68. The zero-order valence-electron chi connectivity index (χ0n) is 16.7. The summed E-state index contributed by atoms with van der Waals surface area (Å²) in [6.45, 7) is 3.37. The lowest BCUT2D eigenvalue weighted by Crippen LogP contribution is -2.10. The van der Waals surface area contributed by atoms with Crippen LogP contribution in [0.1, 0.15) is 16.8 Å². The van der Waals surface area contributed by atoms with Crippen molar-refractivity contribution in [1.82, 2.24) is 15.0 Å². The number of rotatable bonds is 8. The van der Waals surface area contributed by atoms with E-state index in [-0.39, 0.29) is 0 Å². The van der Waals surface area contributed by atoms with Crippen LogP contribution in [0.4, 0.5) is 11.8 Å². The molecule has 0 atom stereocenters. The number of anilines is 2. The topological polar surface area (TPSA) is 74.9 Å². The minimum Gasteiger partial charge on any atom is -0.496 e. The predicted molar refractivity (Wildman–Crippen MR) is 118 cm³/mol. The number of H-pyrrole nitrogens is 1. The fourth-order valence-corrected chi connectivity index (χ4v) is 3.43. The molecule has 0 spiro atoms. The largest absolute Gasteiger partial charge is 0.496 e. The minimum atomic E-state index is 0.599. The lowest BCUT2D eigenvalue weighted by molar-refractivity contribution is 0.410. The van der Waals surface area contributed by atoms with Gasteiger partial charge in [-0.05, 0) is 31.0 Å². The second-order valence-corrected chi connectivity index (χ2v) is 6.92. The minimum absolute atomic E-state index is 0.599. The second kappa shape index (κ2) is 8.65. The highest BCUT2D eigenvalue weighted by atomic mass is 16.5. The number of aromatic nitrogens is 3. The number of hydrogen-bond donors (Lipinski definition) is 3. The van der Waals surface area contributed by atoms with Crippen LogP contribution in [0.15, 0.2) is 60.8 Å². The van der Waals surface area contributed by atoms with E-state index in [1.54, 1.807) is 7.11 Å². The highest BCUT2D eigenvalue weighted by Crippen LogP contribution is 2.20. The summed E-state index contributed by atoms with van der Waals surface area (Å²) in [5.41, 5.74) is 4.45. The highest BCUT2D eigenvalue weighted by Gasteiger charge is 2.06. The molecular weight excluding hydrogens is 362 g/mol. The molecule has 0 saturated carbocycles. The zero-order chi connectivity index (χ0) is 20.1. The molecular formula is C23H25N5O. The molecule has 4 aromatic rings. The molecule has 0 fully saturated rings. The SMILES string of the molecule is COc1ccccc1CNc1nc(C)cc(NCCc2c[nH]c3ccccc23)n1. The normalized spacial score (nSPS) is 10.8.